The molecule has 0 fully saturated rings. The van der Waals surface area contributed by atoms with Gasteiger partial charge >= 0.3 is 23.3 Å². The van der Waals surface area contributed by atoms with Gasteiger partial charge in [-0.2, -0.15) is 30.7 Å². The largest absolute Gasteiger partial charge is 0.405 e. The predicted octanol–water partition coefficient (Wildman–Crippen LogP) is 2.58. The predicted molar refractivity (Wildman–Crippen MR) is 26.8 cm³/mol. The summed E-state index contributed by atoms with van der Waals surface area (Å²) in [6, 6.07) is -3.88. The fourth-order valence-corrected chi connectivity index (χ4v) is 0.420. The minimum atomic E-state index is -6.27. The Balaban J connectivity index is 5.16. The maximum atomic E-state index is 11.9. The first kappa shape index (κ1) is 12.5. The molecule has 0 atom stereocenters. The van der Waals surface area contributed by atoms with Crippen molar-refractivity contribution in [2.24, 2.45) is 0 Å². The van der Waals surface area contributed by atoms with E-state index in [0.717, 1.165) is 0 Å². The van der Waals surface area contributed by atoms with Crippen LogP contribution < -0.4 is 0 Å². The molecular formula is C4ClF7O. The van der Waals surface area contributed by atoms with E-state index >= 15 is 0 Å². The van der Waals surface area contributed by atoms with Crippen molar-refractivity contribution >= 4 is 17.6 Å². The Morgan fingerprint density at radius 2 is 1.31 bits per heavy atom. The highest BCUT2D eigenvalue weighted by Crippen LogP contribution is 2.48. The second-order valence-electron chi connectivity index (χ2n) is 1.92. The van der Waals surface area contributed by atoms with Crippen molar-refractivity contribution in [2.45, 2.75) is 17.2 Å². The minimum absolute atomic E-state index is 3.57. The van der Waals surface area contributed by atoms with E-state index < -0.39 is 23.3 Å². The molecule has 0 saturated carbocycles. The molecule has 0 aliphatic carbocycles. The van der Waals surface area contributed by atoms with Crippen LogP contribution in [0.5, 0.6) is 0 Å². The molecule has 0 aliphatic rings. The van der Waals surface area contributed by atoms with Crippen LogP contribution in [0.4, 0.5) is 30.7 Å². The van der Waals surface area contributed by atoms with Crippen molar-refractivity contribution in [3.05, 3.63) is 0 Å². The Morgan fingerprint density at radius 1 is 1.00 bits per heavy atom. The highest BCUT2D eigenvalue weighted by atomic mass is 35.5. The van der Waals surface area contributed by atoms with Gasteiger partial charge in [-0.1, -0.05) is 0 Å². The fraction of sp³-hybridized carbons (Fsp3) is 0.750. The van der Waals surface area contributed by atoms with Crippen LogP contribution >= 0.6 is 11.6 Å². The third-order valence-corrected chi connectivity index (χ3v) is 1.23. The van der Waals surface area contributed by atoms with Gasteiger partial charge in [0.05, 0.1) is 0 Å². The van der Waals surface area contributed by atoms with Crippen LogP contribution in [0.3, 0.4) is 0 Å². The summed E-state index contributed by atoms with van der Waals surface area (Å²) in [6.45, 7) is 0. The summed E-state index contributed by atoms with van der Waals surface area (Å²) in [4.78, 5) is 9.27. The molecule has 9 heteroatoms. The minimum Gasteiger partial charge on any atom is -0.254 e. The maximum absolute atomic E-state index is 11.9. The zero-order chi connectivity index (χ0) is 11.1. The molecule has 0 N–H and O–H groups in total. The Kier molecular flexibility index (Phi) is 2.88. The van der Waals surface area contributed by atoms with E-state index in [9.17, 15) is 35.5 Å². The third-order valence-electron chi connectivity index (χ3n) is 0.997. The SMILES string of the molecule is O=C(F)C(F)(F)C(F)(F)C(F)(F)Cl. The smallest absolute Gasteiger partial charge is 0.254 e. The van der Waals surface area contributed by atoms with Crippen LogP contribution in [-0.4, -0.2) is 23.3 Å². The summed E-state index contributed by atoms with van der Waals surface area (Å²) >= 11 is 3.57. The van der Waals surface area contributed by atoms with E-state index in [1.165, 1.54) is 0 Å². The number of alkyl halides is 7. The van der Waals surface area contributed by atoms with Crippen molar-refractivity contribution in [1.82, 2.24) is 0 Å². The Labute approximate surface area is 71.5 Å². The third kappa shape index (κ3) is 1.87. The monoisotopic (exact) mass is 232 g/mol. The zero-order valence-corrected chi connectivity index (χ0v) is 6.19. The van der Waals surface area contributed by atoms with Gasteiger partial charge in [0.25, 0.3) is 0 Å². The second kappa shape index (κ2) is 3.00. The summed E-state index contributed by atoms with van der Waals surface area (Å²) in [5, 5.41) is -5.71. The number of hydrogen-bond acceptors (Lipinski definition) is 1. The van der Waals surface area contributed by atoms with Crippen molar-refractivity contribution in [3.8, 4) is 0 Å². The number of rotatable bonds is 3. The van der Waals surface area contributed by atoms with Crippen LogP contribution in [0.2, 0.25) is 0 Å². The van der Waals surface area contributed by atoms with Gasteiger partial charge in [-0.05, 0) is 11.6 Å². The summed E-state index contributed by atoms with van der Waals surface area (Å²) in [7, 11) is 0. The van der Waals surface area contributed by atoms with Gasteiger partial charge in [0.15, 0.2) is 0 Å². The molecule has 0 aromatic rings. The Morgan fingerprint density at radius 3 is 1.38 bits per heavy atom. The van der Waals surface area contributed by atoms with Crippen molar-refractivity contribution < 1.29 is 35.5 Å². The molecule has 13 heavy (non-hydrogen) atoms. The summed E-state index contributed by atoms with van der Waals surface area (Å²) in [5.74, 6) is -12.4. The molecule has 0 saturated heterocycles. The van der Waals surface area contributed by atoms with E-state index in [-0.39, 0.29) is 0 Å². The first-order valence-corrected chi connectivity index (χ1v) is 2.84. The van der Waals surface area contributed by atoms with Gasteiger partial charge in [-0.3, -0.25) is 4.79 Å². The van der Waals surface area contributed by atoms with Gasteiger partial charge < -0.3 is 0 Å². The average molecular weight is 232 g/mol. The van der Waals surface area contributed by atoms with Crippen LogP contribution in [0.25, 0.3) is 0 Å². The lowest BCUT2D eigenvalue weighted by molar-refractivity contribution is -0.273. The molecule has 0 rings (SSSR count). The average Bonchev–Trinajstić information content (AvgIpc) is 1.84. The molecule has 0 aliphatic heterocycles. The topological polar surface area (TPSA) is 17.1 Å². The van der Waals surface area contributed by atoms with E-state index in [0.29, 0.717) is 0 Å². The van der Waals surface area contributed by atoms with Gasteiger partial charge in [0.1, 0.15) is 0 Å². The standard InChI is InChI=1S/C4ClF7O/c5-4(11,12)3(9,10)2(7,8)1(6)13. The molecule has 0 spiro atoms. The Hall–Kier alpha value is -0.530. The molecule has 0 aromatic heterocycles. The lowest BCUT2D eigenvalue weighted by Crippen LogP contribution is -2.54. The van der Waals surface area contributed by atoms with Crippen molar-refractivity contribution in [1.29, 1.82) is 0 Å². The summed E-state index contributed by atoms with van der Waals surface area (Å²) in [5.41, 5.74) is 0. The normalized spacial score (nSPS) is 14.5. The first-order chi connectivity index (χ1) is 5.44. The molecular weight excluding hydrogens is 232 g/mol. The van der Waals surface area contributed by atoms with E-state index in [1.54, 1.807) is 0 Å². The van der Waals surface area contributed by atoms with Gasteiger partial charge in [-0.15, -0.1) is 0 Å². The molecule has 0 radical (unpaired) electrons. The number of carbonyl (C=O) groups excluding carboxylic acids is 1. The molecule has 0 aromatic carbocycles. The van der Waals surface area contributed by atoms with E-state index in [4.69, 9.17) is 0 Å². The number of carbonyl (C=O) groups is 1. The van der Waals surface area contributed by atoms with Gasteiger partial charge in [0, 0.05) is 0 Å². The maximum Gasteiger partial charge on any atom is 0.405 e. The van der Waals surface area contributed by atoms with E-state index in [2.05, 4.69) is 11.6 Å². The highest BCUT2D eigenvalue weighted by molar-refractivity contribution is 6.22. The van der Waals surface area contributed by atoms with Crippen LogP contribution in [0.15, 0.2) is 0 Å². The lowest BCUT2D eigenvalue weighted by atomic mass is 10.2. The lowest BCUT2D eigenvalue weighted by Gasteiger charge is -2.25. The molecule has 0 amide bonds. The van der Waals surface area contributed by atoms with Crippen LogP contribution in [-0.2, 0) is 4.79 Å². The van der Waals surface area contributed by atoms with Crippen LogP contribution in [0.1, 0.15) is 0 Å². The first-order valence-electron chi connectivity index (χ1n) is 2.47. The molecule has 78 valence electrons. The molecule has 0 unspecified atom stereocenters. The zero-order valence-electron chi connectivity index (χ0n) is 5.43. The summed E-state index contributed by atoms with van der Waals surface area (Å²) in [6.07, 6.45) is 0. The van der Waals surface area contributed by atoms with Crippen molar-refractivity contribution in [3.63, 3.8) is 0 Å². The second-order valence-corrected chi connectivity index (χ2v) is 2.39. The summed E-state index contributed by atoms with van der Waals surface area (Å²) < 4.78 is 81.7. The number of hydrogen-bond donors (Lipinski definition) is 0. The molecule has 1 nitrogen and oxygen atoms in total. The number of halogens is 8. The van der Waals surface area contributed by atoms with E-state index in [1.807, 2.05) is 0 Å². The quantitative estimate of drug-likeness (QED) is 0.415. The van der Waals surface area contributed by atoms with Crippen LogP contribution in [0, 0.1) is 0 Å². The molecule has 0 bridgehead atoms. The van der Waals surface area contributed by atoms with Crippen molar-refractivity contribution in [2.75, 3.05) is 0 Å². The fourth-order valence-electron chi connectivity index (χ4n) is 0.301. The highest BCUT2D eigenvalue weighted by Gasteiger charge is 2.75. The van der Waals surface area contributed by atoms with Gasteiger partial charge in [0.2, 0.25) is 0 Å². The van der Waals surface area contributed by atoms with Gasteiger partial charge in [-0.25, -0.2) is 0 Å². The Bertz CT molecular complexity index is 219. The molecule has 0 heterocycles.